The number of piperidine rings is 1. The number of nitrogens with zero attached hydrogens (tertiary/aromatic N) is 3. The van der Waals surface area contributed by atoms with Crippen LogP contribution >= 0.6 is 11.6 Å². The van der Waals surface area contributed by atoms with Crippen LogP contribution in [0.15, 0.2) is 18.2 Å². The van der Waals surface area contributed by atoms with Crippen LogP contribution < -0.4 is 0 Å². The second-order valence-corrected chi connectivity index (χ2v) is 6.22. The molecule has 1 unspecified atom stereocenters. The van der Waals surface area contributed by atoms with Crippen LogP contribution in [0.1, 0.15) is 25.1 Å². The Morgan fingerprint density at radius 1 is 1.38 bits per heavy atom. The summed E-state index contributed by atoms with van der Waals surface area (Å²) in [6.07, 6.45) is 4.43. The van der Waals surface area contributed by atoms with Crippen molar-refractivity contribution < 1.29 is 4.39 Å². The van der Waals surface area contributed by atoms with Gasteiger partial charge in [-0.2, -0.15) is 0 Å². The van der Waals surface area contributed by atoms with Gasteiger partial charge in [0.2, 0.25) is 0 Å². The molecule has 1 saturated heterocycles. The molecule has 0 saturated carbocycles. The van der Waals surface area contributed by atoms with Crippen LogP contribution in [0.2, 0.25) is 0 Å². The summed E-state index contributed by atoms with van der Waals surface area (Å²) in [4.78, 5) is 7.03. The second-order valence-electron chi connectivity index (χ2n) is 5.84. The van der Waals surface area contributed by atoms with E-state index in [2.05, 4.69) is 21.5 Å². The molecule has 2 heterocycles. The van der Waals surface area contributed by atoms with Crippen LogP contribution in [0, 0.1) is 5.82 Å². The third-order valence-electron chi connectivity index (χ3n) is 4.42. The van der Waals surface area contributed by atoms with Gasteiger partial charge in [-0.25, -0.2) is 9.37 Å². The van der Waals surface area contributed by atoms with E-state index in [9.17, 15) is 4.39 Å². The molecule has 21 heavy (non-hydrogen) atoms. The molecule has 1 aromatic carbocycles. The third kappa shape index (κ3) is 3.06. The van der Waals surface area contributed by atoms with Crippen LogP contribution in [0.4, 0.5) is 4.39 Å². The van der Waals surface area contributed by atoms with E-state index < -0.39 is 0 Å². The van der Waals surface area contributed by atoms with Crippen LogP contribution in [0.25, 0.3) is 11.0 Å². The van der Waals surface area contributed by atoms with Gasteiger partial charge in [-0.1, -0.05) is 6.42 Å². The molecule has 1 aromatic heterocycles. The Balaban J connectivity index is 1.97. The molecule has 3 nitrogen and oxygen atoms in total. The van der Waals surface area contributed by atoms with Crippen molar-refractivity contribution in [2.45, 2.75) is 38.3 Å². The summed E-state index contributed by atoms with van der Waals surface area (Å²) in [5.41, 5.74) is 1.74. The first-order valence-electron chi connectivity index (χ1n) is 7.60. The molecule has 3 rings (SSSR count). The van der Waals surface area contributed by atoms with E-state index in [0.717, 1.165) is 29.9 Å². The fourth-order valence-electron chi connectivity index (χ4n) is 3.21. The minimum atomic E-state index is -0.210. The monoisotopic (exact) mass is 309 g/mol. The van der Waals surface area contributed by atoms with Crippen LogP contribution in [0.5, 0.6) is 0 Å². The fourth-order valence-corrected chi connectivity index (χ4v) is 3.38. The molecule has 0 amide bonds. The Hall–Kier alpha value is -1.13. The Morgan fingerprint density at radius 2 is 2.24 bits per heavy atom. The van der Waals surface area contributed by atoms with Crippen molar-refractivity contribution in [1.82, 2.24) is 14.5 Å². The summed E-state index contributed by atoms with van der Waals surface area (Å²) >= 11 is 5.90. The maximum Gasteiger partial charge on any atom is 0.125 e. The van der Waals surface area contributed by atoms with Crippen molar-refractivity contribution >= 4 is 22.6 Å². The van der Waals surface area contributed by atoms with Crippen LogP contribution in [-0.4, -0.2) is 40.0 Å². The summed E-state index contributed by atoms with van der Waals surface area (Å²) < 4.78 is 15.7. The van der Waals surface area contributed by atoms with Gasteiger partial charge in [0.05, 0.1) is 11.0 Å². The van der Waals surface area contributed by atoms with Gasteiger partial charge in [0.25, 0.3) is 0 Å². The van der Waals surface area contributed by atoms with E-state index in [1.54, 1.807) is 12.1 Å². The van der Waals surface area contributed by atoms with Crippen LogP contribution in [0.3, 0.4) is 0 Å². The number of aryl methyl sites for hydroxylation is 1. The lowest BCUT2D eigenvalue weighted by molar-refractivity contribution is 0.167. The predicted molar refractivity (Wildman–Crippen MR) is 84.4 cm³/mol. The third-order valence-corrected chi connectivity index (χ3v) is 4.61. The molecule has 5 heteroatoms. The highest BCUT2D eigenvalue weighted by atomic mass is 35.5. The Labute approximate surface area is 129 Å². The van der Waals surface area contributed by atoms with Gasteiger partial charge in [0.1, 0.15) is 11.6 Å². The maximum absolute atomic E-state index is 13.6. The Kier molecular flexibility index (Phi) is 4.45. The zero-order valence-corrected chi connectivity index (χ0v) is 13.1. The van der Waals surface area contributed by atoms with Crippen molar-refractivity contribution in [2.75, 3.05) is 19.5 Å². The number of fused-ring (bicyclic) bond motifs is 1. The number of benzene rings is 1. The Bertz CT molecular complexity index is 625. The van der Waals surface area contributed by atoms with Gasteiger partial charge in [0.15, 0.2) is 0 Å². The quantitative estimate of drug-likeness (QED) is 0.807. The summed E-state index contributed by atoms with van der Waals surface area (Å²) in [7, 11) is 2.17. The number of imidazole rings is 1. The maximum atomic E-state index is 13.6. The molecule has 0 N–H and O–H groups in total. The molecule has 114 valence electrons. The molecule has 1 atom stereocenters. The van der Waals surface area contributed by atoms with Crippen molar-refractivity contribution in [1.29, 1.82) is 0 Å². The van der Waals surface area contributed by atoms with E-state index >= 15 is 0 Å². The standard InChI is InChI=1S/C16H21ClFN3/c1-20-9-3-2-4-13(20)11-21-15-10-12(18)5-6-14(15)19-16(21)7-8-17/h5-6,10,13H,2-4,7-9,11H2,1H3. The molecule has 1 aliphatic heterocycles. The van der Waals surface area contributed by atoms with Gasteiger partial charge in [-0.05, 0) is 44.6 Å². The number of alkyl halides is 1. The predicted octanol–water partition coefficient (Wildman–Crippen LogP) is 3.44. The van der Waals surface area contributed by atoms with Crippen molar-refractivity contribution in [3.63, 3.8) is 0 Å². The number of halogens is 2. The lowest BCUT2D eigenvalue weighted by Gasteiger charge is -2.33. The normalized spacial score (nSPS) is 20.2. The highest BCUT2D eigenvalue weighted by molar-refractivity contribution is 6.17. The number of likely N-dealkylation sites (tertiary alicyclic amines) is 1. The summed E-state index contributed by atoms with van der Waals surface area (Å²) in [5.74, 6) is 1.29. The number of hydrogen-bond acceptors (Lipinski definition) is 2. The number of hydrogen-bond donors (Lipinski definition) is 0. The first kappa shape index (κ1) is 14.8. The highest BCUT2D eigenvalue weighted by Crippen LogP contribution is 2.23. The fraction of sp³-hybridized carbons (Fsp3) is 0.562. The zero-order chi connectivity index (χ0) is 14.8. The average Bonchev–Trinajstić information content (AvgIpc) is 2.79. The van der Waals surface area contributed by atoms with Crippen molar-refractivity contribution in [3.05, 3.63) is 29.8 Å². The first-order valence-corrected chi connectivity index (χ1v) is 8.13. The molecule has 0 radical (unpaired) electrons. The molecule has 0 bridgehead atoms. The minimum Gasteiger partial charge on any atom is -0.326 e. The van der Waals surface area contributed by atoms with E-state index in [-0.39, 0.29) is 5.82 Å². The lowest BCUT2D eigenvalue weighted by Crippen LogP contribution is -2.39. The average molecular weight is 310 g/mol. The van der Waals surface area contributed by atoms with Crippen LogP contribution in [-0.2, 0) is 13.0 Å². The SMILES string of the molecule is CN1CCCCC1Cn1c(CCCl)nc2ccc(F)cc21. The molecular weight excluding hydrogens is 289 g/mol. The van der Waals surface area contributed by atoms with Gasteiger partial charge in [-0.15, -0.1) is 11.6 Å². The zero-order valence-electron chi connectivity index (χ0n) is 12.4. The summed E-state index contributed by atoms with van der Waals surface area (Å²) in [6, 6.07) is 5.30. The van der Waals surface area contributed by atoms with E-state index in [1.165, 1.54) is 25.3 Å². The van der Waals surface area contributed by atoms with Crippen molar-refractivity contribution in [3.8, 4) is 0 Å². The molecule has 2 aromatic rings. The van der Waals surface area contributed by atoms with Gasteiger partial charge in [0, 0.05) is 24.9 Å². The highest BCUT2D eigenvalue weighted by Gasteiger charge is 2.21. The van der Waals surface area contributed by atoms with E-state index in [0.29, 0.717) is 18.3 Å². The number of rotatable bonds is 4. The first-order chi connectivity index (χ1) is 10.2. The minimum absolute atomic E-state index is 0.210. The second kappa shape index (κ2) is 6.32. The molecule has 1 fully saturated rings. The molecule has 1 aliphatic rings. The van der Waals surface area contributed by atoms with E-state index in [4.69, 9.17) is 11.6 Å². The lowest BCUT2D eigenvalue weighted by atomic mass is 10.0. The number of aromatic nitrogens is 2. The summed E-state index contributed by atoms with van der Waals surface area (Å²) in [5, 5.41) is 0. The number of likely N-dealkylation sites (N-methyl/N-ethyl adjacent to an activating group) is 1. The smallest absolute Gasteiger partial charge is 0.125 e. The van der Waals surface area contributed by atoms with Gasteiger partial charge < -0.3 is 9.47 Å². The summed E-state index contributed by atoms with van der Waals surface area (Å²) in [6.45, 7) is 2.00. The molecule has 0 spiro atoms. The molecular formula is C16H21ClFN3. The van der Waals surface area contributed by atoms with Gasteiger partial charge >= 0.3 is 0 Å². The topological polar surface area (TPSA) is 21.1 Å². The Morgan fingerprint density at radius 3 is 3.00 bits per heavy atom. The van der Waals surface area contributed by atoms with E-state index in [1.807, 2.05) is 0 Å². The largest absolute Gasteiger partial charge is 0.326 e. The molecule has 0 aliphatic carbocycles. The van der Waals surface area contributed by atoms with Crippen molar-refractivity contribution in [2.24, 2.45) is 0 Å². The van der Waals surface area contributed by atoms with Gasteiger partial charge in [-0.3, -0.25) is 0 Å².